The summed E-state index contributed by atoms with van der Waals surface area (Å²) in [7, 11) is 1.56. The molecule has 0 bridgehead atoms. The largest absolute Gasteiger partial charge is 0.497 e. The van der Waals surface area contributed by atoms with E-state index in [4.69, 9.17) is 9.47 Å². The Morgan fingerprint density at radius 3 is 2.56 bits per heavy atom. The van der Waals surface area contributed by atoms with Crippen molar-refractivity contribution in [2.75, 3.05) is 18.6 Å². The first-order valence-corrected chi connectivity index (χ1v) is 11.2. The monoisotopic (exact) mass is 475 g/mol. The summed E-state index contributed by atoms with van der Waals surface area (Å²) in [4.78, 5) is 30.0. The second kappa shape index (κ2) is 10.1. The number of rotatable bonds is 8. The first-order chi connectivity index (χ1) is 16.5. The topological polar surface area (TPSA) is 94.8 Å². The number of amides is 1. The molecule has 0 aliphatic carbocycles. The Bertz CT molecular complexity index is 1320. The molecule has 0 aliphatic heterocycles. The van der Waals surface area contributed by atoms with Crippen molar-refractivity contribution in [3.8, 4) is 22.8 Å². The van der Waals surface area contributed by atoms with Crippen LogP contribution in [-0.2, 0) is 4.79 Å². The van der Waals surface area contributed by atoms with Crippen LogP contribution in [0.1, 0.15) is 5.56 Å². The first kappa shape index (κ1) is 22.9. The van der Waals surface area contributed by atoms with Gasteiger partial charge in [0.05, 0.1) is 23.4 Å². The molecule has 8 nitrogen and oxygen atoms in total. The van der Waals surface area contributed by atoms with Gasteiger partial charge in [0.25, 0.3) is 11.6 Å². The number of nitro groups is 1. The number of hydrogen-bond acceptors (Lipinski definition) is 7. The number of methoxy groups -OCH3 is 1. The molecule has 4 aromatic rings. The number of non-ortho nitro benzene ring substituents is 1. The predicted molar refractivity (Wildman–Crippen MR) is 131 cm³/mol. The molecule has 0 aliphatic rings. The molecule has 1 amide bonds. The predicted octanol–water partition coefficient (Wildman–Crippen LogP) is 5.78. The van der Waals surface area contributed by atoms with Gasteiger partial charge in [-0.15, -0.1) is 11.3 Å². The standard InChI is InChI=1S/C25H21N3O5S/c1-17-6-3-4-9-23(17)33-15-24(29)27(20-7-5-8-21(14-20)32-2)25-26-22(16-34-25)18-10-12-19(13-11-18)28(30)31/h3-14,16H,15H2,1-2H3. The van der Waals surface area contributed by atoms with Crippen LogP contribution in [0.25, 0.3) is 11.3 Å². The third-order valence-electron chi connectivity index (χ3n) is 5.06. The lowest BCUT2D eigenvalue weighted by atomic mass is 10.1. The summed E-state index contributed by atoms with van der Waals surface area (Å²) in [6.07, 6.45) is 0. The van der Waals surface area contributed by atoms with E-state index in [-0.39, 0.29) is 18.2 Å². The number of para-hydroxylation sites is 1. The average molecular weight is 476 g/mol. The molecule has 3 aromatic carbocycles. The maximum Gasteiger partial charge on any atom is 0.271 e. The Kier molecular flexibility index (Phi) is 6.84. The highest BCUT2D eigenvalue weighted by Gasteiger charge is 2.23. The molecule has 0 spiro atoms. The number of nitrogens with zero attached hydrogens (tertiary/aromatic N) is 3. The van der Waals surface area contributed by atoms with Crippen molar-refractivity contribution in [2.45, 2.75) is 6.92 Å². The number of anilines is 2. The molecule has 172 valence electrons. The van der Waals surface area contributed by atoms with Gasteiger partial charge in [0, 0.05) is 29.1 Å². The highest BCUT2D eigenvalue weighted by Crippen LogP contribution is 2.34. The van der Waals surface area contributed by atoms with Crippen molar-refractivity contribution >= 4 is 33.8 Å². The van der Waals surface area contributed by atoms with Crippen molar-refractivity contribution < 1.29 is 19.2 Å². The molecule has 4 rings (SSSR count). The molecule has 0 atom stereocenters. The zero-order valence-electron chi connectivity index (χ0n) is 18.5. The molecular formula is C25H21N3O5S. The van der Waals surface area contributed by atoms with Gasteiger partial charge in [-0.05, 0) is 42.8 Å². The van der Waals surface area contributed by atoms with Gasteiger partial charge in [0.1, 0.15) is 11.5 Å². The van der Waals surface area contributed by atoms with E-state index >= 15 is 0 Å². The van der Waals surface area contributed by atoms with Crippen LogP contribution < -0.4 is 14.4 Å². The number of benzene rings is 3. The second-order valence-corrected chi connectivity index (χ2v) is 8.14. The fourth-order valence-electron chi connectivity index (χ4n) is 3.29. The maximum absolute atomic E-state index is 13.3. The number of nitro benzene ring substituents is 1. The number of ether oxygens (including phenoxy) is 2. The summed E-state index contributed by atoms with van der Waals surface area (Å²) in [5.74, 6) is 0.926. The number of hydrogen-bond donors (Lipinski definition) is 0. The first-order valence-electron chi connectivity index (χ1n) is 10.3. The SMILES string of the molecule is COc1cccc(N(C(=O)COc2ccccc2C)c2nc(-c3ccc([N+](=O)[O-])cc3)cs2)c1. The minimum absolute atomic E-state index is 0.000687. The molecule has 9 heteroatoms. The highest BCUT2D eigenvalue weighted by atomic mass is 32.1. The summed E-state index contributed by atoms with van der Waals surface area (Å²) >= 11 is 1.29. The fraction of sp³-hybridized carbons (Fsp3) is 0.120. The summed E-state index contributed by atoms with van der Waals surface area (Å²) in [6, 6.07) is 20.7. The summed E-state index contributed by atoms with van der Waals surface area (Å²) in [5, 5.41) is 13.2. The molecule has 0 N–H and O–H groups in total. The number of carbonyl (C=O) groups is 1. The summed E-state index contributed by atoms with van der Waals surface area (Å²) in [5.41, 5.74) is 2.83. The minimum atomic E-state index is -0.450. The summed E-state index contributed by atoms with van der Waals surface area (Å²) < 4.78 is 11.1. The van der Waals surface area contributed by atoms with E-state index in [9.17, 15) is 14.9 Å². The van der Waals surface area contributed by atoms with Crippen molar-refractivity contribution in [3.63, 3.8) is 0 Å². The lowest BCUT2D eigenvalue weighted by Crippen LogP contribution is -2.31. The lowest BCUT2D eigenvalue weighted by molar-refractivity contribution is -0.384. The van der Waals surface area contributed by atoms with Gasteiger partial charge in [0.15, 0.2) is 11.7 Å². The van der Waals surface area contributed by atoms with Gasteiger partial charge in [-0.3, -0.25) is 19.8 Å². The van der Waals surface area contributed by atoms with Gasteiger partial charge in [-0.1, -0.05) is 24.3 Å². The second-order valence-electron chi connectivity index (χ2n) is 7.30. The van der Waals surface area contributed by atoms with Gasteiger partial charge in [-0.25, -0.2) is 4.98 Å². The van der Waals surface area contributed by atoms with Gasteiger partial charge in [0.2, 0.25) is 0 Å². The van der Waals surface area contributed by atoms with Gasteiger partial charge < -0.3 is 9.47 Å². The van der Waals surface area contributed by atoms with Crippen LogP contribution in [0.4, 0.5) is 16.5 Å². The Balaban J connectivity index is 1.65. The highest BCUT2D eigenvalue weighted by molar-refractivity contribution is 7.14. The lowest BCUT2D eigenvalue weighted by Gasteiger charge is -2.21. The van der Waals surface area contributed by atoms with Crippen LogP contribution in [0.2, 0.25) is 0 Å². The molecular weight excluding hydrogens is 454 g/mol. The van der Waals surface area contributed by atoms with Crippen LogP contribution >= 0.6 is 11.3 Å². The van der Waals surface area contributed by atoms with Crippen LogP contribution in [0.15, 0.2) is 78.2 Å². The van der Waals surface area contributed by atoms with Crippen molar-refractivity contribution in [2.24, 2.45) is 0 Å². The van der Waals surface area contributed by atoms with Crippen molar-refractivity contribution in [1.29, 1.82) is 0 Å². The molecule has 0 radical (unpaired) electrons. The average Bonchev–Trinajstić information content (AvgIpc) is 3.33. The molecule has 1 aromatic heterocycles. The zero-order valence-corrected chi connectivity index (χ0v) is 19.3. The van der Waals surface area contributed by atoms with Gasteiger partial charge in [-0.2, -0.15) is 0 Å². The third-order valence-corrected chi connectivity index (χ3v) is 5.89. The van der Waals surface area contributed by atoms with Crippen LogP contribution in [0.5, 0.6) is 11.5 Å². The minimum Gasteiger partial charge on any atom is -0.497 e. The molecule has 0 unspecified atom stereocenters. The third kappa shape index (κ3) is 5.05. The smallest absolute Gasteiger partial charge is 0.271 e. The van der Waals surface area contributed by atoms with E-state index in [0.29, 0.717) is 33.6 Å². The Hall–Kier alpha value is -4.24. The van der Waals surface area contributed by atoms with Crippen molar-refractivity contribution in [3.05, 3.63) is 93.9 Å². The molecule has 0 saturated heterocycles. The normalized spacial score (nSPS) is 10.5. The maximum atomic E-state index is 13.3. The van der Waals surface area contributed by atoms with E-state index in [1.165, 1.54) is 28.4 Å². The molecule has 0 saturated carbocycles. The molecule has 1 heterocycles. The number of aromatic nitrogens is 1. The van der Waals surface area contributed by atoms with E-state index < -0.39 is 4.92 Å². The Morgan fingerprint density at radius 2 is 1.85 bits per heavy atom. The molecule has 0 fully saturated rings. The quantitative estimate of drug-likeness (QED) is 0.237. The fourth-order valence-corrected chi connectivity index (χ4v) is 4.16. The summed E-state index contributed by atoms with van der Waals surface area (Å²) in [6.45, 7) is 1.73. The van der Waals surface area contributed by atoms with E-state index in [2.05, 4.69) is 4.98 Å². The van der Waals surface area contributed by atoms with E-state index in [1.807, 2.05) is 31.2 Å². The van der Waals surface area contributed by atoms with Gasteiger partial charge >= 0.3 is 0 Å². The number of aryl methyl sites for hydroxylation is 1. The van der Waals surface area contributed by atoms with Crippen LogP contribution in [0, 0.1) is 17.0 Å². The number of carbonyl (C=O) groups excluding carboxylic acids is 1. The van der Waals surface area contributed by atoms with Crippen molar-refractivity contribution in [1.82, 2.24) is 4.98 Å². The number of thiazole rings is 1. The zero-order chi connectivity index (χ0) is 24.1. The van der Waals surface area contributed by atoms with Crippen LogP contribution in [0.3, 0.4) is 0 Å². The Morgan fingerprint density at radius 1 is 1.09 bits per heavy atom. The van der Waals surface area contributed by atoms with Crippen LogP contribution in [-0.4, -0.2) is 29.5 Å². The van der Waals surface area contributed by atoms with E-state index in [0.717, 1.165) is 5.56 Å². The molecule has 34 heavy (non-hydrogen) atoms. The Labute approximate surface area is 200 Å². The van der Waals surface area contributed by atoms with E-state index in [1.54, 1.807) is 48.9 Å².